The highest BCUT2D eigenvalue weighted by molar-refractivity contribution is 6.46. The van der Waals surface area contributed by atoms with E-state index in [1.54, 1.807) is 36.3 Å². The zero-order chi connectivity index (χ0) is 22.8. The van der Waals surface area contributed by atoms with Gasteiger partial charge in [-0.1, -0.05) is 43.0 Å². The van der Waals surface area contributed by atoms with E-state index in [9.17, 15) is 14.7 Å². The molecule has 1 saturated heterocycles. The van der Waals surface area contributed by atoms with Crippen molar-refractivity contribution in [3.8, 4) is 11.5 Å². The Morgan fingerprint density at radius 3 is 2.28 bits per heavy atom. The fourth-order valence-electron chi connectivity index (χ4n) is 4.67. The second-order valence-corrected chi connectivity index (χ2v) is 8.53. The number of aliphatic hydroxyl groups is 1. The number of likely N-dealkylation sites (tertiary alicyclic amines) is 1. The Hall–Kier alpha value is -2.99. The van der Waals surface area contributed by atoms with Gasteiger partial charge < -0.3 is 19.5 Å². The summed E-state index contributed by atoms with van der Waals surface area (Å²) in [6, 6.07) is 11.3. The van der Waals surface area contributed by atoms with Crippen molar-refractivity contribution in [1.29, 1.82) is 0 Å². The molecule has 1 N–H and O–H groups in total. The number of carbonyl (C=O) groups excluding carboxylic acids is 2. The number of rotatable bonds is 5. The molecule has 1 atom stereocenters. The molecule has 2 aromatic rings. The summed E-state index contributed by atoms with van der Waals surface area (Å²) in [6.07, 6.45) is 4.83. The third-order valence-corrected chi connectivity index (χ3v) is 6.60. The lowest BCUT2D eigenvalue weighted by Crippen LogP contribution is -2.40. The third kappa shape index (κ3) is 3.95. The standard InChI is InChI=1S/C25H26ClNO5/c1-31-18-11-8-15(9-12-18)22-21(23(28)16-10-13-20(32-2)19(26)14-16)24(29)25(30)27(22)17-6-4-3-5-7-17/h8-14,17,22,28H,3-7H2,1-2H3/b23-21-. The fraction of sp³-hybridized carbons (Fsp3) is 0.360. The molecule has 0 aromatic heterocycles. The number of amides is 1. The molecule has 0 bridgehead atoms. The Labute approximate surface area is 192 Å². The van der Waals surface area contributed by atoms with Crippen LogP contribution in [0.4, 0.5) is 0 Å². The van der Waals surface area contributed by atoms with Gasteiger partial charge in [-0.25, -0.2) is 0 Å². The predicted octanol–water partition coefficient (Wildman–Crippen LogP) is 5.11. The molecule has 32 heavy (non-hydrogen) atoms. The van der Waals surface area contributed by atoms with Crippen molar-refractivity contribution in [2.24, 2.45) is 0 Å². The lowest BCUT2D eigenvalue weighted by molar-refractivity contribution is -0.141. The summed E-state index contributed by atoms with van der Waals surface area (Å²) in [7, 11) is 3.08. The molecule has 2 aliphatic rings. The molecule has 1 saturated carbocycles. The molecule has 0 spiro atoms. The van der Waals surface area contributed by atoms with Crippen LogP contribution in [0, 0.1) is 0 Å². The van der Waals surface area contributed by atoms with Crippen LogP contribution in [0.15, 0.2) is 48.0 Å². The zero-order valence-electron chi connectivity index (χ0n) is 18.1. The number of hydrogen-bond donors (Lipinski definition) is 1. The first-order chi connectivity index (χ1) is 15.5. The Morgan fingerprint density at radius 1 is 1.00 bits per heavy atom. The molecule has 6 nitrogen and oxygen atoms in total. The number of Topliss-reactive ketones (excluding diaryl/α,β-unsaturated/α-hetero) is 1. The Kier molecular flexibility index (Phi) is 6.42. The zero-order valence-corrected chi connectivity index (χ0v) is 18.9. The summed E-state index contributed by atoms with van der Waals surface area (Å²) < 4.78 is 10.4. The minimum absolute atomic E-state index is 0.0444. The van der Waals surface area contributed by atoms with Crippen LogP contribution in [0.25, 0.3) is 5.76 Å². The van der Waals surface area contributed by atoms with E-state index in [0.29, 0.717) is 22.1 Å². The summed E-state index contributed by atoms with van der Waals surface area (Å²) >= 11 is 6.25. The second-order valence-electron chi connectivity index (χ2n) is 8.12. The Balaban J connectivity index is 1.85. The highest BCUT2D eigenvalue weighted by atomic mass is 35.5. The van der Waals surface area contributed by atoms with Crippen LogP contribution in [0.1, 0.15) is 49.3 Å². The number of nitrogens with zero attached hydrogens (tertiary/aromatic N) is 1. The minimum atomic E-state index is -0.680. The summed E-state index contributed by atoms with van der Waals surface area (Å²) in [4.78, 5) is 28.0. The van der Waals surface area contributed by atoms with E-state index in [0.717, 1.165) is 37.7 Å². The molecule has 1 aliphatic carbocycles. The smallest absolute Gasteiger partial charge is 0.295 e. The lowest BCUT2D eigenvalue weighted by Gasteiger charge is -2.35. The molecule has 1 aliphatic heterocycles. The molecule has 2 aromatic carbocycles. The van der Waals surface area contributed by atoms with Gasteiger partial charge in [-0.15, -0.1) is 0 Å². The van der Waals surface area contributed by atoms with Crippen LogP contribution >= 0.6 is 11.6 Å². The van der Waals surface area contributed by atoms with E-state index >= 15 is 0 Å². The van der Waals surface area contributed by atoms with Crippen LogP contribution in [0.3, 0.4) is 0 Å². The Morgan fingerprint density at radius 2 is 1.69 bits per heavy atom. The molecule has 7 heteroatoms. The maximum atomic E-state index is 13.2. The van der Waals surface area contributed by atoms with Gasteiger partial charge in [-0.05, 0) is 48.7 Å². The van der Waals surface area contributed by atoms with E-state index in [1.165, 1.54) is 13.2 Å². The van der Waals surface area contributed by atoms with Gasteiger partial charge >= 0.3 is 0 Å². The first kappa shape index (κ1) is 22.2. The Bertz CT molecular complexity index is 1060. The van der Waals surface area contributed by atoms with Gasteiger partial charge in [0.1, 0.15) is 17.3 Å². The average Bonchev–Trinajstić information content (AvgIpc) is 3.09. The van der Waals surface area contributed by atoms with Gasteiger partial charge in [0.2, 0.25) is 0 Å². The molecule has 4 rings (SSSR count). The maximum Gasteiger partial charge on any atom is 0.295 e. The van der Waals surface area contributed by atoms with Crippen molar-refractivity contribution >= 4 is 29.1 Å². The molecular formula is C25H26ClNO5. The normalized spacial score (nSPS) is 21.1. The van der Waals surface area contributed by atoms with Crippen LogP contribution in [0.2, 0.25) is 5.02 Å². The van der Waals surface area contributed by atoms with Gasteiger partial charge in [-0.3, -0.25) is 9.59 Å². The monoisotopic (exact) mass is 455 g/mol. The van der Waals surface area contributed by atoms with Crippen molar-refractivity contribution in [3.05, 3.63) is 64.2 Å². The van der Waals surface area contributed by atoms with Crippen molar-refractivity contribution in [3.63, 3.8) is 0 Å². The predicted molar refractivity (Wildman–Crippen MR) is 122 cm³/mol. The first-order valence-electron chi connectivity index (χ1n) is 10.7. The van der Waals surface area contributed by atoms with E-state index in [1.807, 2.05) is 12.1 Å². The van der Waals surface area contributed by atoms with Crippen molar-refractivity contribution in [1.82, 2.24) is 4.90 Å². The lowest BCUT2D eigenvalue weighted by atomic mass is 9.91. The highest BCUT2D eigenvalue weighted by Crippen LogP contribution is 2.43. The van der Waals surface area contributed by atoms with Gasteiger partial charge in [0.05, 0.1) is 30.9 Å². The molecule has 2 fully saturated rings. The van der Waals surface area contributed by atoms with Crippen LogP contribution < -0.4 is 9.47 Å². The number of methoxy groups -OCH3 is 2. The minimum Gasteiger partial charge on any atom is -0.507 e. The van der Waals surface area contributed by atoms with Crippen LogP contribution in [-0.4, -0.2) is 42.0 Å². The summed E-state index contributed by atoms with van der Waals surface area (Å²) in [5, 5.41) is 11.5. The van der Waals surface area contributed by atoms with Gasteiger partial charge in [-0.2, -0.15) is 0 Å². The quantitative estimate of drug-likeness (QED) is 0.385. The SMILES string of the molecule is COc1ccc(C2/C(=C(/O)c3ccc(OC)c(Cl)c3)C(=O)C(=O)N2C2CCCCC2)cc1. The molecule has 1 heterocycles. The molecule has 168 valence electrons. The first-order valence-corrected chi connectivity index (χ1v) is 11.1. The van der Waals surface area contributed by atoms with Crippen molar-refractivity contribution < 1.29 is 24.2 Å². The number of benzene rings is 2. The summed E-state index contributed by atoms with van der Waals surface area (Å²) in [5.74, 6) is -0.366. The number of ether oxygens (including phenoxy) is 2. The van der Waals surface area contributed by atoms with Crippen molar-refractivity contribution in [2.75, 3.05) is 14.2 Å². The maximum absolute atomic E-state index is 13.2. The third-order valence-electron chi connectivity index (χ3n) is 6.30. The number of ketones is 1. The van der Waals surface area contributed by atoms with Crippen molar-refractivity contribution in [2.45, 2.75) is 44.2 Å². The molecular weight excluding hydrogens is 430 g/mol. The molecule has 1 unspecified atom stereocenters. The van der Waals surface area contributed by atoms with Gasteiger partial charge in [0.15, 0.2) is 0 Å². The fourth-order valence-corrected chi connectivity index (χ4v) is 4.93. The molecule has 0 radical (unpaired) electrons. The summed E-state index contributed by atoms with van der Waals surface area (Å²) in [5.41, 5.74) is 1.18. The van der Waals surface area contributed by atoms with Crippen LogP contribution in [-0.2, 0) is 9.59 Å². The second kappa shape index (κ2) is 9.25. The number of halogens is 1. The number of hydrogen-bond acceptors (Lipinski definition) is 5. The van der Waals surface area contributed by atoms with Gasteiger partial charge in [0.25, 0.3) is 11.7 Å². The number of aliphatic hydroxyl groups excluding tert-OH is 1. The van der Waals surface area contributed by atoms with E-state index in [2.05, 4.69) is 0 Å². The largest absolute Gasteiger partial charge is 0.507 e. The van der Waals surface area contributed by atoms with E-state index < -0.39 is 17.7 Å². The van der Waals surface area contributed by atoms with Crippen LogP contribution in [0.5, 0.6) is 11.5 Å². The summed E-state index contributed by atoms with van der Waals surface area (Å²) in [6.45, 7) is 0. The van der Waals surface area contributed by atoms with E-state index in [-0.39, 0.29) is 17.4 Å². The number of carbonyl (C=O) groups is 2. The molecule has 1 amide bonds. The van der Waals surface area contributed by atoms with Gasteiger partial charge in [0, 0.05) is 11.6 Å². The van der Waals surface area contributed by atoms with E-state index in [4.69, 9.17) is 21.1 Å². The average molecular weight is 456 g/mol. The highest BCUT2D eigenvalue weighted by Gasteiger charge is 2.48. The topological polar surface area (TPSA) is 76.1 Å².